The van der Waals surface area contributed by atoms with Gasteiger partial charge in [-0.05, 0) is 32.6 Å². The molecular formula is C19H22N6O2. The molecule has 0 aromatic carbocycles. The first-order valence-electron chi connectivity index (χ1n) is 9.08. The zero-order chi connectivity index (χ0) is 18.8. The molecule has 0 bridgehead atoms. The summed E-state index contributed by atoms with van der Waals surface area (Å²) in [5.74, 6) is 1.30. The highest BCUT2D eigenvalue weighted by atomic mass is 16.5. The van der Waals surface area contributed by atoms with Crippen LogP contribution in [-0.4, -0.2) is 48.6 Å². The molecule has 8 heteroatoms. The number of hydrogen-bond donors (Lipinski definition) is 0. The lowest BCUT2D eigenvalue weighted by Gasteiger charge is -2.16. The molecule has 4 rings (SSSR count). The van der Waals surface area contributed by atoms with Crippen molar-refractivity contribution >= 4 is 5.91 Å². The summed E-state index contributed by atoms with van der Waals surface area (Å²) in [5, 5.41) is 3.96. The molecule has 3 aromatic rings. The number of nitrogens with zero attached hydrogens (tertiary/aromatic N) is 6. The fourth-order valence-corrected chi connectivity index (χ4v) is 3.60. The van der Waals surface area contributed by atoms with Crippen LogP contribution in [0.2, 0.25) is 0 Å². The Morgan fingerprint density at radius 1 is 1.30 bits per heavy atom. The zero-order valence-corrected chi connectivity index (χ0v) is 15.5. The number of imidazole rings is 1. The van der Waals surface area contributed by atoms with Crippen LogP contribution in [0.4, 0.5) is 0 Å². The molecule has 1 aliphatic heterocycles. The van der Waals surface area contributed by atoms with Gasteiger partial charge in [0, 0.05) is 31.7 Å². The minimum Gasteiger partial charge on any atom is -0.361 e. The lowest BCUT2D eigenvalue weighted by molar-refractivity contribution is -0.130. The molecule has 1 aliphatic rings. The van der Waals surface area contributed by atoms with Crippen LogP contribution in [0.5, 0.6) is 0 Å². The highest BCUT2D eigenvalue weighted by Crippen LogP contribution is 2.25. The standard InChI is InChI=1S/C19H22N6O2/c1-13-19(14(2)27-23-13)17-9-21-16(8-22-17)7-15-3-5-25(10-15)18(26)11-24-6-4-20-12-24/h4,6,8-9,12,15H,3,5,7,10-11H2,1-2H3/t15-/m0/s1. The monoisotopic (exact) mass is 366 g/mol. The second-order valence-corrected chi connectivity index (χ2v) is 7.03. The molecule has 0 aliphatic carbocycles. The van der Waals surface area contributed by atoms with E-state index < -0.39 is 0 Å². The molecule has 3 aromatic heterocycles. The first kappa shape index (κ1) is 17.4. The summed E-state index contributed by atoms with van der Waals surface area (Å²) in [4.78, 5) is 27.4. The fourth-order valence-electron chi connectivity index (χ4n) is 3.60. The Hall–Kier alpha value is -3.03. The Bertz CT molecular complexity index is 897. The molecule has 140 valence electrons. The minimum atomic E-state index is 0.135. The summed E-state index contributed by atoms with van der Waals surface area (Å²) in [6, 6.07) is 0. The fraction of sp³-hybridized carbons (Fsp3) is 0.421. The Morgan fingerprint density at radius 2 is 2.19 bits per heavy atom. The molecule has 0 saturated carbocycles. The van der Waals surface area contributed by atoms with Gasteiger partial charge in [0.15, 0.2) is 0 Å². The van der Waals surface area contributed by atoms with Crippen molar-refractivity contribution < 1.29 is 9.32 Å². The molecule has 1 saturated heterocycles. The third kappa shape index (κ3) is 3.74. The number of amides is 1. The number of carbonyl (C=O) groups excluding carboxylic acids is 1. The second-order valence-electron chi connectivity index (χ2n) is 7.03. The van der Waals surface area contributed by atoms with Crippen molar-refractivity contribution in [3.63, 3.8) is 0 Å². The number of carbonyl (C=O) groups is 1. The summed E-state index contributed by atoms with van der Waals surface area (Å²) >= 11 is 0. The van der Waals surface area contributed by atoms with Gasteiger partial charge >= 0.3 is 0 Å². The summed E-state index contributed by atoms with van der Waals surface area (Å²) in [6.07, 6.45) is 10.6. The van der Waals surface area contributed by atoms with E-state index >= 15 is 0 Å². The SMILES string of the molecule is Cc1noc(C)c1-c1cnc(C[C@@H]2CCN(C(=O)Cn3ccnc3)C2)cn1. The summed E-state index contributed by atoms with van der Waals surface area (Å²) in [6.45, 7) is 5.68. The first-order valence-corrected chi connectivity index (χ1v) is 9.08. The molecule has 0 spiro atoms. The van der Waals surface area contributed by atoms with Crippen LogP contribution in [0.15, 0.2) is 35.6 Å². The van der Waals surface area contributed by atoms with Crippen molar-refractivity contribution in [3.8, 4) is 11.3 Å². The van der Waals surface area contributed by atoms with Crippen molar-refractivity contribution in [1.29, 1.82) is 0 Å². The Balaban J connectivity index is 1.35. The number of likely N-dealkylation sites (tertiary alicyclic amines) is 1. The van der Waals surface area contributed by atoms with Gasteiger partial charge in [0.05, 0.1) is 35.2 Å². The van der Waals surface area contributed by atoms with Gasteiger partial charge in [0.25, 0.3) is 0 Å². The van der Waals surface area contributed by atoms with E-state index in [1.807, 2.05) is 31.1 Å². The average Bonchev–Trinajstić information content (AvgIpc) is 3.39. The normalized spacial score (nSPS) is 16.8. The lowest BCUT2D eigenvalue weighted by atomic mass is 10.0. The smallest absolute Gasteiger partial charge is 0.242 e. The molecule has 0 unspecified atom stereocenters. The van der Waals surface area contributed by atoms with Crippen LogP contribution < -0.4 is 0 Å². The second kappa shape index (κ2) is 7.30. The predicted molar refractivity (Wildman–Crippen MR) is 97.6 cm³/mol. The van der Waals surface area contributed by atoms with Crippen molar-refractivity contribution in [1.82, 2.24) is 29.6 Å². The topological polar surface area (TPSA) is 89.9 Å². The van der Waals surface area contributed by atoms with Crippen molar-refractivity contribution in [2.24, 2.45) is 5.92 Å². The number of aryl methyl sites for hydroxylation is 2. The molecule has 0 N–H and O–H groups in total. The van der Waals surface area contributed by atoms with E-state index in [1.165, 1.54) is 0 Å². The van der Waals surface area contributed by atoms with E-state index in [1.54, 1.807) is 23.3 Å². The Morgan fingerprint density at radius 3 is 2.85 bits per heavy atom. The number of rotatable bonds is 5. The maximum atomic E-state index is 12.4. The maximum absolute atomic E-state index is 12.4. The van der Waals surface area contributed by atoms with Gasteiger partial charge in [-0.15, -0.1) is 0 Å². The third-order valence-electron chi connectivity index (χ3n) is 5.01. The zero-order valence-electron chi connectivity index (χ0n) is 15.5. The molecule has 1 amide bonds. The van der Waals surface area contributed by atoms with Crippen LogP contribution in [0.25, 0.3) is 11.3 Å². The van der Waals surface area contributed by atoms with Crippen LogP contribution >= 0.6 is 0 Å². The minimum absolute atomic E-state index is 0.135. The predicted octanol–water partition coefficient (Wildman–Crippen LogP) is 2.04. The van der Waals surface area contributed by atoms with E-state index in [9.17, 15) is 4.79 Å². The van der Waals surface area contributed by atoms with Crippen LogP contribution in [0.3, 0.4) is 0 Å². The molecule has 1 fully saturated rings. The van der Waals surface area contributed by atoms with Crippen LogP contribution in [0, 0.1) is 19.8 Å². The molecular weight excluding hydrogens is 344 g/mol. The third-order valence-corrected chi connectivity index (χ3v) is 5.01. The lowest BCUT2D eigenvalue weighted by Crippen LogP contribution is -2.31. The van der Waals surface area contributed by atoms with Crippen LogP contribution in [0.1, 0.15) is 23.6 Å². The molecule has 4 heterocycles. The largest absolute Gasteiger partial charge is 0.361 e. The van der Waals surface area contributed by atoms with E-state index in [2.05, 4.69) is 20.1 Å². The van der Waals surface area contributed by atoms with E-state index in [-0.39, 0.29) is 5.91 Å². The quantitative estimate of drug-likeness (QED) is 0.686. The van der Waals surface area contributed by atoms with Gasteiger partial charge < -0.3 is 14.0 Å². The van der Waals surface area contributed by atoms with E-state index in [0.717, 1.165) is 54.3 Å². The van der Waals surface area contributed by atoms with E-state index in [4.69, 9.17) is 4.52 Å². The summed E-state index contributed by atoms with van der Waals surface area (Å²) < 4.78 is 7.00. The molecule has 8 nitrogen and oxygen atoms in total. The van der Waals surface area contributed by atoms with Gasteiger partial charge in [-0.1, -0.05) is 5.16 Å². The Kier molecular flexibility index (Phi) is 4.70. The number of hydrogen-bond acceptors (Lipinski definition) is 6. The van der Waals surface area contributed by atoms with Gasteiger partial charge in [-0.25, -0.2) is 4.98 Å². The van der Waals surface area contributed by atoms with E-state index in [0.29, 0.717) is 12.5 Å². The average molecular weight is 366 g/mol. The highest BCUT2D eigenvalue weighted by molar-refractivity contribution is 5.76. The molecule has 27 heavy (non-hydrogen) atoms. The molecule has 1 atom stereocenters. The van der Waals surface area contributed by atoms with Gasteiger partial charge in [0.1, 0.15) is 12.3 Å². The van der Waals surface area contributed by atoms with Crippen molar-refractivity contribution in [3.05, 3.63) is 48.3 Å². The molecule has 0 radical (unpaired) electrons. The van der Waals surface area contributed by atoms with Gasteiger partial charge in [-0.2, -0.15) is 0 Å². The maximum Gasteiger partial charge on any atom is 0.242 e. The van der Waals surface area contributed by atoms with Crippen molar-refractivity contribution in [2.75, 3.05) is 13.1 Å². The Labute approximate surface area is 157 Å². The summed E-state index contributed by atoms with van der Waals surface area (Å²) in [5.41, 5.74) is 3.45. The first-order chi connectivity index (χ1) is 13.1. The number of aromatic nitrogens is 5. The summed E-state index contributed by atoms with van der Waals surface area (Å²) in [7, 11) is 0. The van der Waals surface area contributed by atoms with Gasteiger partial charge in [-0.3, -0.25) is 14.8 Å². The van der Waals surface area contributed by atoms with Crippen LogP contribution in [-0.2, 0) is 17.8 Å². The highest BCUT2D eigenvalue weighted by Gasteiger charge is 2.26. The van der Waals surface area contributed by atoms with Gasteiger partial charge in [0.2, 0.25) is 5.91 Å². The van der Waals surface area contributed by atoms with Crippen molar-refractivity contribution in [2.45, 2.75) is 33.2 Å².